The van der Waals surface area contributed by atoms with Gasteiger partial charge in [-0.25, -0.2) is 17.5 Å². The summed E-state index contributed by atoms with van der Waals surface area (Å²) < 4.78 is 41.9. The first kappa shape index (κ1) is 20.3. The molecular weight excluding hydrogens is 403 g/mol. The van der Waals surface area contributed by atoms with Crippen LogP contribution in [0.15, 0.2) is 71.6 Å². The number of fused-ring (bicyclic) bond motifs is 1. The van der Waals surface area contributed by atoms with Crippen LogP contribution in [0.2, 0.25) is 0 Å². The number of hydrogen-bond acceptors (Lipinski definition) is 3. The SMILES string of the molecule is Cc1cc(NC(=O)c2cccc(S(=O)(=O)NC3Cc4ccccc4C3)c2)ccc1F. The maximum absolute atomic E-state index is 13.4. The molecule has 3 aromatic carbocycles. The van der Waals surface area contributed by atoms with Gasteiger partial charge in [0, 0.05) is 17.3 Å². The zero-order valence-corrected chi connectivity index (χ0v) is 17.2. The summed E-state index contributed by atoms with van der Waals surface area (Å²) >= 11 is 0. The molecule has 0 spiro atoms. The average Bonchev–Trinajstić information content (AvgIpc) is 3.12. The Morgan fingerprint density at radius 3 is 2.33 bits per heavy atom. The topological polar surface area (TPSA) is 75.3 Å². The number of aryl methyl sites for hydroxylation is 1. The van der Waals surface area contributed by atoms with Crippen molar-refractivity contribution < 1.29 is 17.6 Å². The van der Waals surface area contributed by atoms with Gasteiger partial charge in [0.1, 0.15) is 5.82 Å². The minimum Gasteiger partial charge on any atom is -0.322 e. The molecule has 0 saturated carbocycles. The molecule has 1 aliphatic rings. The quantitative estimate of drug-likeness (QED) is 0.654. The lowest BCUT2D eigenvalue weighted by molar-refractivity contribution is 0.102. The van der Waals surface area contributed by atoms with Gasteiger partial charge in [-0.1, -0.05) is 30.3 Å². The molecule has 0 aromatic heterocycles. The number of carbonyl (C=O) groups is 1. The lowest BCUT2D eigenvalue weighted by Crippen LogP contribution is -2.35. The number of halogens is 1. The van der Waals surface area contributed by atoms with Crippen LogP contribution in [0.1, 0.15) is 27.0 Å². The second kappa shape index (κ2) is 8.01. The average molecular weight is 424 g/mol. The highest BCUT2D eigenvalue weighted by atomic mass is 32.2. The van der Waals surface area contributed by atoms with Crippen LogP contribution >= 0.6 is 0 Å². The largest absolute Gasteiger partial charge is 0.322 e. The second-order valence-corrected chi connectivity index (χ2v) is 9.16. The molecule has 1 amide bonds. The lowest BCUT2D eigenvalue weighted by Gasteiger charge is -2.13. The predicted octanol–water partition coefficient (Wildman–Crippen LogP) is 3.83. The highest BCUT2D eigenvalue weighted by molar-refractivity contribution is 7.89. The van der Waals surface area contributed by atoms with E-state index in [1.54, 1.807) is 6.92 Å². The molecule has 4 rings (SSSR count). The van der Waals surface area contributed by atoms with Crippen LogP contribution in [0.3, 0.4) is 0 Å². The molecule has 0 atom stereocenters. The highest BCUT2D eigenvalue weighted by Gasteiger charge is 2.26. The first-order chi connectivity index (χ1) is 14.3. The molecule has 0 aliphatic heterocycles. The van der Waals surface area contributed by atoms with Crippen molar-refractivity contribution in [1.29, 1.82) is 0 Å². The second-order valence-electron chi connectivity index (χ2n) is 7.44. The fourth-order valence-corrected chi connectivity index (χ4v) is 4.94. The molecule has 5 nitrogen and oxygen atoms in total. The summed E-state index contributed by atoms with van der Waals surface area (Å²) in [6.07, 6.45) is 1.28. The molecule has 0 unspecified atom stereocenters. The maximum atomic E-state index is 13.4. The molecule has 0 heterocycles. The lowest BCUT2D eigenvalue weighted by atomic mass is 10.1. The maximum Gasteiger partial charge on any atom is 0.255 e. The zero-order valence-electron chi connectivity index (χ0n) is 16.4. The fourth-order valence-electron chi connectivity index (χ4n) is 3.66. The summed E-state index contributed by atoms with van der Waals surface area (Å²) in [5, 5.41) is 2.67. The molecular formula is C23H21FN2O3S. The van der Waals surface area contributed by atoms with Crippen LogP contribution < -0.4 is 10.0 Å². The van der Waals surface area contributed by atoms with Gasteiger partial charge in [-0.15, -0.1) is 0 Å². The van der Waals surface area contributed by atoms with E-state index in [4.69, 9.17) is 0 Å². The van der Waals surface area contributed by atoms with E-state index in [9.17, 15) is 17.6 Å². The fraction of sp³-hybridized carbons (Fsp3) is 0.174. The Bertz CT molecular complexity index is 1200. The van der Waals surface area contributed by atoms with Crippen molar-refractivity contribution in [2.24, 2.45) is 0 Å². The van der Waals surface area contributed by atoms with E-state index in [-0.39, 0.29) is 22.3 Å². The molecule has 0 fully saturated rings. The summed E-state index contributed by atoms with van der Waals surface area (Å²) in [7, 11) is -3.78. The number of rotatable bonds is 5. The smallest absolute Gasteiger partial charge is 0.255 e. The van der Waals surface area contributed by atoms with Crippen LogP contribution in [0, 0.1) is 12.7 Å². The van der Waals surface area contributed by atoms with Gasteiger partial charge in [0.25, 0.3) is 5.91 Å². The van der Waals surface area contributed by atoms with Crippen LogP contribution in [0.5, 0.6) is 0 Å². The number of benzene rings is 3. The summed E-state index contributed by atoms with van der Waals surface area (Å²) in [5.41, 5.74) is 3.34. The van der Waals surface area contributed by atoms with E-state index in [0.717, 1.165) is 11.1 Å². The van der Waals surface area contributed by atoms with E-state index >= 15 is 0 Å². The van der Waals surface area contributed by atoms with E-state index in [2.05, 4.69) is 10.0 Å². The Balaban J connectivity index is 1.49. The third-order valence-corrected chi connectivity index (χ3v) is 6.71. The predicted molar refractivity (Wildman–Crippen MR) is 113 cm³/mol. The van der Waals surface area contributed by atoms with Gasteiger partial charge in [0.2, 0.25) is 10.0 Å². The number of amides is 1. The monoisotopic (exact) mass is 424 g/mol. The Morgan fingerprint density at radius 1 is 0.967 bits per heavy atom. The molecule has 154 valence electrons. The first-order valence-electron chi connectivity index (χ1n) is 9.58. The van der Waals surface area contributed by atoms with Crippen LogP contribution in [-0.2, 0) is 22.9 Å². The molecule has 0 saturated heterocycles. The van der Waals surface area contributed by atoms with Gasteiger partial charge in [0.15, 0.2) is 0 Å². The van der Waals surface area contributed by atoms with Crippen LogP contribution in [0.25, 0.3) is 0 Å². The normalized spacial score (nSPS) is 13.8. The molecule has 0 radical (unpaired) electrons. The van der Waals surface area contributed by atoms with Gasteiger partial charge in [-0.05, 0) is 72.9 Å². The van der Waals surface area contributed by atoms with E-state index in [1.165, 1.54) is 42.5 Å². The van der Waals surface area contributed by atoms with Crippen molar-refractivity contribution in [3.8, 4) is 0 Å². The number of carbonyl (C=O) groups excluding carboxylic acids is 1. The van der Waals surface area contributed by atoms with Gasteiger partial charge >= 0.3 is 0 Å². The number of hydrogen-bond donors (Lipinski definition) is 2. The Hall–Kier alpha value is -3.03. The zero-order chi connectivity index (χ0) is 21.3. The van der Waals surface area contributed by atoms with Crippen molar-refractivity contribution in [2.75, 3.05) is 5.32 Å². The molecule has 30 heavy (non-hydrogen) atoms. The van der Waals surface area contributed by atoms with Crippen molar-refractivity contribution in [1.82, 2.24) is 4.72 Å². The van der Waals surface area contributed by atoms with Crippen molar-refractivity contribution in [3.05, 3.63) is 94.8 Å². The third-order valence-electron chi connectivity index (χ3n) is 5.20. The summed E-state index contributed by atoms with van der Waals surface area (Å²) in [4.78, 5) is 12.6. The number of sulfonamides is 1. The Labute approximate surface area is 175 Å². The number of nitrogens with one attached hydrogen (secondary N) is 2. The molecule has 7 heteroatoms. The molecule has 1 aliphatic carbocycles. The summed E-state index contributed by atoms with van der Waals surface area (Å²) in [6, 6.07) is 17.8. The van der Waals surface area contributed by atoms with Crippen molar-refractivity contribution >= 4 is 21.6 Å². The molecule has 3 aromatic rings. The van der Waals surface area contributed by atoms with Gasteiger partial charge in [-0.2, -0.15) is 0 Å². The minimum atomic E-state index is -3.78. The molecule has 0 bridgehead atoms. The summed E-state index contributed by atoms with van der Waals surface area (Å²) in [5.74, 6) is -0.826. The van der Waals surface area contributed by atoms with Gasteiger partial charge < -0.3 is 5.32 Å². The van der Waals surface area contributed by atoms with E-state index in [0.29, 0.717) is 24.1 Å². The highest BCUT2D eigenvalue weighted by Crippen LogP contribution is 2.23. The van der Waals surface area contributed by atoms with Gasteiger partial charge in [0.05, 0.1) is 4.90 Å². The third kappa shape index (κ3) is 4.27. The van der Waals surface area contributed by atoms with Crippen LogP contribution in [-0.4, -0.2) is 20.4 Å². The summed E-state index contributed by atoms with van der Waals surface area (Å²) in [6.45, 7) is 1.60. The number of anilines is 1. The Morgan fingerprint density at radius 2 is 1.67 bits per heavy atom. The molecule has 2 N–H and O–H groups in total. The Kier molecular flexibility index (Phi) is 5.40. The van der Waals surface area contributed by atoms with E-state index in [1.807, 2.05) is 24.3 Å². The van der Waals surface area contributed by atoms with Crippen molar-refractivity contribution in [2.45, 2.75) is 30.7 Å². The van der Waals surface area contributed by atoms with Gasteiger partial charge in [-0.3, -0.25) is 4.79 Å². The van der Waals surface area contributed by atoms with Crippen molar-refractivity contribution in [3.63, 3.8) is 0 Å². The van der Waals surface area contributed by atoms with E-state index < -0.39 is 15.9 Å². The van der Waals surface area contributed by atoms with Crippen LogP contribution in [0.4, 0.5) is 10.1 Å². The standard InChI is InChI=1S/C23H21FN2O3S/c1-15-11-19(9-10-22(15)24)25-23(27)18-7-4-8-21(14-18)30(28,29)26-20-12-16-5-2-3-6-17(16)13-20/h2-11,14,20,26H,12-13H2,1H3,(H,25,27). The minimum absolute atomic E-state index is 0.0291. The first-order valence-corrected chi connectivity index (χ1v) is 11.1.